The minimum absolute atomic E-state index is 0.0802. The van der Waals surface area contributed by atoms with Crippen molar-refractivity contribution in [2.24, 2.45) is 0 Å². The fraction of sp³-hybridized carbons (Fsp3) is 0.200. The summed E-state index contributed by atoms with van der Waals surface area (Å²) in [5.74, 6) is 0.623. The van der Waals surface area contributed by atoms with E-state index in [2.05, 4.69) is 5.10 Å². The number of rotatable bonds is 4. The fourth-order valence-corrected chi connectivity index (χ4v) is 1.35. The van der Waals surface area contributed by atoms with Crippen molar-refractivity contribution >= 4 is 11.5 Å². The zero-order valence-corrected chi connectivity index (χ0v) is 8.99. The minimum Gasteiger partial charge on any atom is -0.456 e. The number of nitro groups is 1. The molecule has 7 heteroatoms. The lowest BCUT2D eigenvalue weighted by molar-refractivity contribution is -0.385. The van der Waals surface area contributed by atoms with Crippen LogP contribution in [0.4, 0.5) is 5.69 Å². The lowest BCUT2D eigenvalue weighted by Crippen LogP contribution is -1.98. The number of carbonyl (C=O) groups is 1. The molecule has 0 aliphatic rings. The molecule has 0 fully saturated rings. The smallest absolute Gasteiger partial charge is 0.307 e. The molecule has 0 atom stereocenters. The lowest BCUT2D eigenvalue weighted by atomic mass is 10.3. The molecule has 7 nitrogen and oxygen atoms in total. The predicted octanol–water partition coefficient (Wildman–Crippen LogP) is 1.64. The summed E-state index contributed by atoms with van der Waals surface area (Å²) in [5.41, 5.74) is -0.0802. The summed E-state index contributed by atoms with van der Waals surface area (Å²) in [7, 11) is 0. The van der Waals surface area contributed by atoms with E-state index in [1.165, 1.54) is 17.8 Å². The van der Waals surface area contributed by atoms with Gasteiger partial charge in [0.05, 0.1) is 11.5 Å². The zero-order valence-electron chi connectivity index (χ0n) is 8.99. The second kappa shape index (κ2) is 4.20. The highest BCUT2D eigenvalue weighted by Gasteiger charge is 2.11. The van der Waals surface area contributed by atoms with Crippen LogP contribution >= 0.6 is 0 Å². The van der Waals surface area contributed by atoms with Crippen LogP contribution in [0.2, 0.25) is 0 Å². The lowest BCUT2D eigenvalue weighted by Gasteiger charge is -1.95. The number of carbonyl (C=O) groups excluding carboxylic acids is 1. The van der Waals surface area contributed by atoms with E-state index in [1.54, 1.807) is 12.1 Å². The van der Waals surface area contributed by atoms with Gasteiger partial charge in [-0.3, -0.25) is 19.6 Å². The molecule has 0 N–H and O–H groups in total. The molecule has 0 spiro atoms. The van der Waals surface area contributed by atoms with E-state index >= 15 is 0 Å². The fourth-order valence-electron chi connectivity index (χ4n) is 1.35. The quantitative estimate of drug-likeness (QED) is 0.456. The van der Waals surface area contributed by atoms with Gasteiger partial charge in [-0.25, -0.2) is 0 Å². The monoisotopic (exact) mass is 235 g/mol. The molecule has 0 bridgehead atoms. The van der Waals surface area contributed by atoms with Gasteiger partial charge >= 0.3 is 5.69 Å². The number of furan rings is 1. The summed E-state index contributed by atoms with van der Waals surface area (Å²) in [6, 6.07) is 3.21. The average Bonchev–Trinajstić information content (AvgIpc) is 2.87. The van der Waals surface area contributed by atoms with Crippen LogP contribution in [0.5, 0.6) is 0 Å². The highest BCUT2D eigenvalue weighted by molar-refractivity contribution is 5.91. The molecule has 88 valence electrons. The Bertz CT molecular complexity index is 519. The second-order valence-corrected chi connectivity index (χ2v) is 3.48. The third-order valence-corrected chi connectivity index (χ3v) is 2.16. The van der Waals surface area contributed by atoms with E-state index in [-0.39, 0.29) is 23.8 Å². The number of hydrogen-bond acceptors (Lipinski definition) is 5. The van der Waals surface area contributed by atoms with Gasteiger partial charge in [0.2, 0.25) is 0 Å². The van der Waals surface area contributed by atoms with Gasteiger partial charge in [0.15, 0.2) is 11.5 Å². The number of hydrogen-bond donors (Lipinski definition) is 0. The van der Waals surface area contributed by atoms with Gasteiger partial charge in [-0.15, -0.1) is 0 Å². The van der Waals surface area contributed by atoms with Crippen LogP contribution in [0.25, 0.3) is 0 Å². The van der Waals surface area contributed by atoms with Crippen LogP contribution in [-0.2, 0) is 6.54 Å². The molecule has 17 heavy (non-hydrogen) atoms. The molecule has 0 unspecified atom stereocenters. The number of Topliss-reactive ketones (excluding diaryl/α,β-unsaturated/α-hetero) is 1. The summed E-state index contributed by atoms with van der Waals surface area (Å²) in [4.78, 5) is 20.9. The van der Waals surface area contributed by atoms with Gasteiger partial charge in [0.25, 0.3) is 0 Å². The van der Waals surface area contributed by atoms with Crippen molar-refractivity contribution < 1.29 is 14.1 Å². The van der Waals surface area contributed by atoms with Gasteiger partial charge in [-0.05, 0) is 12.1 Å². The van der Waals surface area contributed by atoms with Crippen LogP contribution in [0, 0.1) is 10.1 Å². The van der Waals surface area contributed by atoms with Crippen molar-refractivity contribution in [3.63, 3.8) is 0 Å². The Kier molecular flexibility index (Phi) is 2.73. The molecule has 0 aliphatic carbocycles. The van der Waals surface area contributed by atoms with Crippen molar-refractivity contribution in [1.82, 2.24) is 9.78 Å². The van der Waals surface area contributed by atoms with Crippen LogP contribution < -0.4 is 0 Å². The molecule has 0 saturated heterocycles. The van der Waals surface area contributed by atoms with Crippen molar-refractivity contribution in [1.29, 1.82) is 0 Å². The second-order valence-electron chi connectivity index (χ2n) is 3.48. The maximum atomic E-state index is 11.0. The molecule has 2 aromatic heterocycles. The first-order valence-electron chi connectivity index (χ1n) is 4.83. The van der Waals surface area contributed by atoms with Gasteiger partial charge in [-0.2, -0.15) is 5.10 Å². The average molecular weight is 235 g/mol. The molecule has 0 amide bonds. The Labute approximate surface area is 95.8 Å². The Morgan fingerprint density at radius 3 is 2.88 bits per heavy atom. The Morgan fingerprint density at radius 1 is 1.59 bits per heavy atom. The molecular weight excluding hydrogens is 226 g/mol. The highest BCUT2D eigenvalue weighted by Crippen LogP contribution is 2.12. The van der Waals surface area contributed by atoms with Crippen molar-refractivity contribution in [2.45, 2.75) is 13.5 Å². The zero-order chi connectivity index (χ0) is 12.4. The SMILES string of the molecule is CC(=O)c1ccc(Cn2cc([N+](=O)[O-])cn2)o1. The topological polar surface area (TPSA) is 91.2 Å². The molecule has 2 rings (SSSR count). The van der Waals surface area contributed by atoms with Crippen LogP contribution in [0.1, 0.15) is 23.2 Å². The third kappa shape index (κ3) is 2.39. The first-order chi connectivity index (χ1) is 8.06. The first kappa shape index (κ1) is 11.1. The molecule has 2 heterocycles. The van der Waals surface area contributed by atoms with Gasteiger partial charge < -0.3 is 4.42 Å². The van der Waals surface area contributed by atoms with Gasteiger partial charge in [-0.1, -0.05) is 0 Å². The predicted molar refractivity (Wildman–Crippen MR) is 56.7 cm³/mol. The number of nitrogens with zero attached hydrogens (tertiary/aromatic N) is 3. The Morgan fingerprint density at radius 2 is 2.35 bits per heavy atom. The van der Waals surface area contributed by atoms with Crippen molar-refractivity contribution in [3.05, 3.63) is 46.2 Å². The van der Waals surface area contributed by atoms with E-state index in [1.807, 2.05) is 0 Å². The van der Waals surface area contributed by atoms with Crippen LogP contribution in [0.3, 0.4) is 0 Å². The van der Waals surface area contributed by atoms with Crippen LogP contribution in [-0.4, -0.2) is 20.5 Å². The summed E-state index contributed by atoms with van der Waals surface area (Å²) in [6.45, 7) is 1.66. The largest absolute Gasteiger partial charge is 0.456 e. The molecule has 0 radical (unpaired) electrons. The molecule has 0 aromatic carbocycles. The summed E-state index contributed by atoms with van der Waals surface area (Å²) in [5, 5.41) is 14.3. The third-order valence-electron chi connectivity index (χ3n) is 2.16. The summed E-state index contributed by atoms with van der Waals surface area (Å²) in [6.07, 6.45) is 2.46. The first-order valence-corrected chi connectivity index (χ1v) is 4.83. The molecular formula is C10H9N3O4. The number of ketones is 1. The maximum Gasteiger partial charge on any atom is 0.307 e. The van der Waals surface area contributed by atoms with Crippen LogP contribution in [0.15, 0.2) is 28.9 Å². The van der Waals surface area contributed by atoms with E-state index in [0.29, 0.717) is 5.76 Å². The maximum absolute atomic E-state index is 11.0. The van der Waals surface area contributed by atoms with E-state index in [9.17, 15) is 14.9 Å². The standard InChI is InChI=1S/C10H9N3O4/c1-7(14)10-3-2-9(17-10)6-12-5-8(4-11-12)13(15)16/h2-5H,6H2,1H3. The van der Waals surface area contributed by atoms with E-state index in [4.69, 9.17) is 4.42 Å². The molecule has 0 saturated carbocycles. The highest BCUT2D eigenvalue weighted by atomic mass is 16.6. The van der Waals surface area contributed by atoms with Crippen molar-refractivity contribution in [3.8, 4) is 0 Å². The van der Waals surface area contributed by atoms with Crippen molar-refractivity contribution in [2.75, 3.05) is 0 Å². The summed E-state index contributed by atoms with van der Waals surface area (Å²) >= 11 is 0. The summed E-state index contributed by atoms with van der Waals surface area (Å²) < 4.78 is 6.61. The van der Waals surface area contributed by atoms with Gasteiger partial charge in [0, 0.05) is 6.92 Å². The Balaban J connectivity index is 2.13. The van der Waals surface area contributed by atoms with E-state index < -0.39 is 4.92 Å². The molecule has 0 aliphatic heterocycles. The minimum atomic E-state index is -0.521. The normalized spacial score (nSPS) is 10.4. The van der Waals surface area contributed by atoms with Gasteiger partial charge in [0.1, 0.15) is 18.2 Å². The molecule has 2 aromatic rings. The Hall–Kier alpha value is -2.44. The number of aromatic nitrogens is 2. The van der Waals surface area contributed by atoms with E-state index in [0.717, 1.165) is 6.20 Å².